The molecule has 0 aliphatic carbocycles. The minimum atomic E-state index is 0.430. The van der Waals surface area contributed by atoms with Crippen LogP contribution in [0.15, 0.2) is 0 Å². The molecule has 1 saturated heterocycles. The van der Waals surface area contributed by atoms with Gasteiger partial charge < -0.3 is 5.43 Å². The normalized spacial score (nSPS) is 20.7. The number of likely N-dealkylation sites (tertiary alicyclic amines) is 1. The molecule has 0 spiro atoms. The maximum Gasteiger partial charge on any atom is 0.148 e. The third-order valence-electron chi connectivity index (χ3n) is 2.82. The number of anilines is 1. The van der Waals surface area contributed by atoms with Gasteiger partial charge in [-0.1, -0.05) is 18.3 Å². The zero-order valence-corrected chi connectivity index (χ0v) is 9.97. The average Bonchev–Trinajstić information content (AvgIpc) is 2.73. The molecule has 5 nitrogen and oxygen atoms in total. The lowest BCUT2D eigenvalue weighted by Crippen LogP contribution is -2.23. The highest BCUT2D eigenvalue weighted by Crippen LogP contribution is 2.30. The highest BCUT2D eigenvalue weighted by molar-refractivity contribution is 7.10. The molecule has 3 N–H and O–H groups in total. The predicted molar refractivity (Wildman–Crippen MR) is 61.4 cm³/mol. The van der Waals surface area contributed by atoms with Crippen molar-refractivity contribution < 1.29 is 0 Å². The largest absolute Gasteiger partial charge is 0.313 e. The number of nitrogens with zero attached hydrogens (tertiary/aromatic N) is 3. The molecule has 0 radical (unpaired) electrons. The SMILES string of the molecule is CC1(C)CCN(Cc2nnsc2NN)C1. The average molecular weight is 227 g/mol. The Morgan fingerprint density at radius 3 is 3.00 bits per heavy atom. The lowest BCUT2D eigenvalue weighted by atomic mass is 9.93. The van der Waals surface area contributed by atoms with Crippen LogP contribution in [0.5, 0.6) is 0 Å². The van der Waals surface area contributed by atoms with Crippen molar-refractivity contribution >= 4 is 16.5 Å². The second kappa shape index (κ2) is 4.03. The molecule has 0 aromatic carbocycles. The first-order chi connectivity index (χ1) is 7.11. The molecule has 1 fully saturated rings. The monoisotopic (exact) mass is 227 g/mol. The molecule has 1 aromatic rings. The fourth-order valence-electron chi connectivity index (χ4n) is 1.99. The van der Waals surface area contributed by atoms with Crippen LogP contribution in [-0.4, -0.2) is 27.6 Å². The summed E-state index contributed by atoms with van der Waals surface area (Å²) in [5.41, 5.74) is 4.03. The van der Waals surface area contributed by atoms with Crippen LogP contribution in [0.1, 0.15) is 26.0 Å². The molecule has 15 heavy (non-hydrogen) atoms. The molecule has 6 heteroatoms. The van der Waals surface area contributed by atoms with Gasteiger partial charge in [-0.05, 0) is 18.4 Å². The molecule has 1 aliphatic heterocycles. The Morgan fingerprint density at radius 2 is 2.40 bits per heavy atom. The van der Waals surface area contributed by atoms with Crippen LogP contribution in [0.4, 0.5) is 5.00 Å². The van der Waals surface area contributed by atoms with Crippen molar-refractivity contribution in [2.75, 3.05) is 18.5 Å². The highest BCUT2D eigenvalue weighted by atomic mass is 32.1. The predicted octanol–water partition coefficient (Wildman–Crippen LogP) is 1.06. The van der Waals surface area contributed by atoms with Gasteiger partial charge in [0, 0.05) is 24.6 Å². The molecule has 2 heterocycles. The van der Waals surface area contributed by atoms with Gasteiger partial charge in [0.2, 0.25) is 0 Å². The van der Waals surface area contributed by atoms with Crippen LogP contribution in [0.2, 0.25) is 0 Å². The Hall–Kier alpha value is -0.720. The summed E-state index contributed by atoms with van der Waals surface area (Å²) in [7, 11) is 0. The Kier molecular flexibility index (Phi) is 2.90. The van der Waals surface area contributed by atoms with Gasteiger partial charge in [0.15, 0.2) is 0 Å². The number of nitrogen functional groups attached to an aromatic ring is 1. The molecule has 1 aromatic heterocycles. The van der Waals surface area contributed by atoms with Crippen molar-refractivity contribution in [3.05, 3.63) is 5.69 Å². The second-order valence-corrected chi connectivity index (χ2v) is 5.57. The Balaban J connectivity index is 1.98. The van der Waals surface area contributed by atoms with E-state index in [1.165, 1.54) is 18.0 Å². The molecule has 84 valence electrons. The van der Waals surface area contributed by atoms with Gasteiger partial charge in [-0.2, -0.15) is 0 Å². The molecule has 0 saturated carbocycles. The van der Waals surface area contributed by atoms with Gasteiger partial charge in [0.05, 0.1) is 0 Å². The fourth-order valence-corrected chi connectivity index (χ4v) is 2.48. The Labute approximate surface area is 93.8 Å². The van der Waals surface area contributed by atoms with Gasteiger partial charge >= 0.3 is 0 Å². The van der Waals surface area contributed by atoms with Gasteiger partial charge in [-0.3, -0.25) is 4.90 Å². The zero-order chi connectivity index (χ0) is 10.9. The topological polar surface area (TPSA) is 67.1 Å². The highest BCUT2D eigenvalue weighted by Gasteiger charge is 2.29. The molecule has 0 amide bonds. The van der Waals surface area contributed by atoms with Crippen molar-refractivity contribution in [3.63, 3.8) is 0 Å². The quantitative estimate of drug-likeness (QED) is 0.597. The summed E-state index contributed by atoms with van der Waals surface area (Å²) < 4.78 is 3.89. The fraction of sp³-hybridized carbons (Fsp3) is 0.778. The van der Waals surface area contributed by atoms with E-state index in [0.29, 0.717) is 5.41 Å². The van der Waals surface area contributed by atoms with Gasteiger partial charge in [-0.15, -0.1) is 5.10 Å². The smallest absolute Gasteiger partial charge is 0.148 e. The van der Waals surface area contributed by atoms with E-state index in [2.05, 4.69) is 33.8 Å². The summed E-state index contributed by atoms with van der Waals surface area (Å²) in [6, 6.07) is 0. The number of rotatable bonds is 3. The van der Waals surface area contributed by atoms with Gasteiger partial charge in [-0.25, -0.2) is 5.84 Å². The van der Waals surface area contributed by atoms with E-state index in [1.54, 1.807) is 0 Å². The number of nitrogens with one attached hydrogen (secondary N) is 1. The van der Waals surface area contributed by atoms with Crippen molar-refractivity contribution in [1.29, 1.82) is 0 Å². The number of nitrogens with two attached hydrogens (primary N) is 1. The Morgan fingerprint density at radius 1 is 1.60 bits per heavy atom. The lowest BCUT2D eigenvalue weighted by molar-refractivity contribution is 0.282. The zero-order valence-electron chi connectivity index (χ0n) is 9.16. The third kappa shape index (κ3) is 2.45. The summed E-state index contributed by atoms with van der Waals surface area (Å²) in [6.45, 7) is 7.70. The summed E-state index contributed by atoms with van der Waals surface area (Å²) in [5, 5.41) is 4.96. The molecule has 1 aliphatic rings. The maximum atomic E-state index is 5.38. The number of hydrogen-bond acceptors (Lipinski definition) is 6. The summed E-state index contributed by atoms with van der Waals surface area (Å²) >= 11 is 1.31. The minimum Gasteiger partial charge on any atom is -0.313 e. The molecule has 0 atom stereocenters. The number of hydrogen-bond donors (Lipinski definition) is 2. The molecule has 2 rings (SSSR count). The second-order valence-electron chi connectivity index (χ2n) is 4.82. The standard InChI is InChI=1S/C9H17N5S/c1-9(2)3-4-14(6-9)5-7-8(11-10)15-13-12-7/h11H,3-6,10H2,1-2H3. The van der Waals surface area contributed by atoms with Crippen molar-refractivity contribution in [3.8, 4) is 0 Å². The first-order valence-electron chi connectivity index (χ1n) is 5.11. The summed E-state index contributed by atoms with van der Waals surface area (Å²) in [4.78, 5) is 2.40. The van der Waals surface area contributed by atoms with Crippen LogP contribution < -0.4 is 11.3 Å². The number of aromatic nitrogens is 2. The van der Waals surface area contributed by atoms with Crippen LogP contribution in [0.25, 0.3) is 0 Å². The lowest BCUT2D eigenvalue weighted by Gasteiger charge is -2.18. The van der Waals surface area contributed by atoms with E-state index in [9.17, 15) is 0 Å². The van der Waals surface area contributed by atoms with Crippen LogP contribution in [0.3, 0.4) is 0 Å². The van der Waals surface area contributed by atoms with Gasteiger partial charge in [0.25, 0.3) is 0 Å². The number of hydrazine groups is 1. The maximum absolute atomic E-state index is 5.38. The summed E-state index contributed by atoms with van der Waals surface area (Å²) in [6.07, 6.45) is 1.25. The Bertz CT molecular complexity index is 335. The first kappa shape index (κ1) is 10.8. The van der Waals surface area contributed by atoms with E-state index in [4.69, 9.17) is 5.84 Å². The first-order valence-corrected chi connectivity index (χ1v) is 5.88. The van der Waals surface area contributed by atoms with Gasteiger partial charge in [0.1, 0.15) is 10.7 Å². The van der Waals surface area contributed by atoms with E-state index in [0.717, 1.165) is 30.3 Å². The molecular weight excluding hydrogens is 210 g/mol. The van der Waals surface area contributed by atoms with Crippen molar-refractivity contribution in [1.82, 2.24) is 14.5 Å². The minimum absolute atomic E-state index is 0.430. The van der Waals surface area contributed by atoms with Crippen molar-refractivity contribution in [2.24, 2.45) is 11.3 Å². The van der Waals surface area contributed by atoms with Crippen LogP contribution in [0, 0.1) is 5.41 Å². The van der Waals surface area contributed by atoms with E-state index in [1.807, 2.05) is 0 Å². The van der Waals surface area contributed by atoms with E-state index < -0.39 is 0 Å². The van der Waals surface area contributed by atoms with E-state index >= 15 is 0 Å². The van der Waals surface area contributed by atoms with Crippen molar-refractivity contribution in [2.45, 2.75) is 26.8 Å². The molecule has 0 unspecified atom stereocenters. The summed E-state index contributed by atoms with van der Waals surface area (Å²) in [5.74, 6) is 5.38. The van der Waals surface area contributed by atoms with Crippen LogP contribution >= 0.6 is 11.5 Å². The van der Waals surface area contributed by atoms with E-state index in [-0.39, 0.29) is 0 Å². The molecule has 0 bridgehead atoms. The third-order valence-corrected chi connectivity index (χ3v) is 3.52. The van der Waals surface area contributed by atoms with Crippen LogP contribution in [-0.2, 0) is 6.54 Å². The molecular formula is C9H17N5S.